The molecule has 0 bridgehead atoms. The second kappa shape index (κ2) is 2.90. The molecule has 4 N–H and O–H groups in total. The predicted molar refractivity (Wildman–Crippen MR) is 40.0 cm³/mol. The molecule has 0 aromatic carbocycles. The summed E-state index contributed by atoms with van der Waals surface area (Å²) >= 11 is 0. The molecule has 1 rings (SSSR count). The zero-order chi connectivity index (χ0) is 7.56. The summed E-state index contributed by atoms with van der Waals surface area (Å²) in [5.41, 5.74) is 6.10. The summed E-state index contributed by atoms with van der Waals surface area (Å²) in [6, 6.07) is 0. The standard InChI is InChI=1S/C6H10BNO2/c8-6-3-1-5(2-4-6)7(9)10/h1,3-5,9-10H,2,8H2. The highest BCUT2D eigenvalue weighted by Gasteiger charge is 2.20. The number of nitrogens with two attached hydrogens (primary N) is 1. The predicted octanol–water partition coefficient (Wildman–Crippen LogP) is -0.368. The molecule has 0 aromatic rings. The summed E-state index contributed by atoms with van der Waals surface area (Å²) in [6.07, 6.45) is 5.79. The maximum Gasteiger partial charge on any atom is 0.459 e. The quantitative estimate of drug-likeness (QED) is 0.434. The van der Waals surface area contributed by atoms with E-state index < -0.39 is 7.12 Å². The third kappa shape index (κ3) is 1.62. The fraction of sp³-hybridized carbons (Fsp3) is 0.333. The second-order valence-electron chi connectivity index (χ2n) is 2.38. The van der Waals surface area contributed by atoms with Crippen LogP contribution in [-0.2, 0) is 0 Å². The van der Waals surface area contributed by atoms with Crippen molar-refractivity contribution >= 4 is 7.12 Å². The summed E-state index contributed by atoms with van der Waals surface area (Å²) in [7, 11) is -1.26. The first-order valence-electron chi connectivity index (χ1n) is 3.20. The molecule has 0 saturated heterocycles. The van der Waals surface area contributed by atoms with E-state index >= 15 is 0 Å². The van der Waals surface area contributed by atoms with Crippen molar-refractivity contribution in [1.29, 1.82) is 0 Å². The van der Waals surface area contributed by atoms with Crippen molar-refractivity contribution in [2.24, 2.45) is 5.73 Å². The molecule has 4 heteroatoms. The van der Waals surface area contributed by atoms with Gasteiger partial charge in [-0.15, -0.1) is 0 Å². The number of hydrogen-bond donors (Lipinski definition) is 3. The van der Waals surface area contributed by atoms with E-state index in [-0.39, 0.29) is 5.82 Å². The Bertz CT molecular complexity index is 177. The van der Waals surface area contributed by atoms with Gasteiger partial charge in [0.05, 0.1) is 0 Å². The highest BCUT2D eigenvalue weighted by Crippen LogP contribution is 2.20. The van der Waals surface area contributed by atoms with E-state index in [9.17, 15) is 0 Å². The van der Waals surface area contributed by atoms with E-state index in [0.29, 0.717) is 12.1 Å². The van der Waals surface area contributed by atoms with Gasteiger partial charge < -0.3 is 15.8 Å². The Morgan fingerprint density at radius 1 is 1.60 bits per heavy atom. The van der Waals surface area contributed by atoms with Gasteiger partial charge in [0.15, 0.2) is 0 Å². The first-order valence-corrected chi connectivity index (χ1v) is 3.20. The van der Waals surface area contributed by atoms with Gasteiger partial charge in [0.1, 0.15) is 0 Å². The third-order valence-electron chi connectivity index (χ3n) is 1.54. The molecule has 1 atom stereocenters. The van der Waals surface area contributed by atoms with E-state index in [1.54, 1.807) is 18.2 Å². The summed E-state index contributed by atoms with van der Waals surface area (Å²) in [5.74, 6) is -0.188. The van der Waals surface area contributed by atoms with Gasteiger partial charge in [-0.25, -0.2) is 0 Å². The Hall–Kier alpha value is -0.735. The second-order valence-corrected chi connectivity index (χ2v) is 2.38. The lowest BCUT2D eigenvalue weighted by atomic mass is 9.69. The van der Waals surface area contributed by atoms with Crippen LogP contribution in [0.1, 0.15) is 6.42 Å². The van der Waals surface area contributed by atoms with Crippen LogP contribution in [0.3, 0.4) is 0 Å². The van der Waals surface area contributed by atoms with Gasteiger partial charge >= 0.3 is 7.12 Å². The van der Waals surface area contributed by atoms with Crippen molar-refractivity contribution in [3.05, 3.63) is 23.9 Å². The Kier molecular flexibility index (Phi) is 2.14. The van der Waals surface area contributed by atoms with E-state index in [4.69, 9.17) is 15.8 Å². The zero-order valence-electron chi connectivity index (χ0n) is 5.57. The molecular formula is C6H10BNO2. The minimum Gasteiger partial charge on any atom is -0.427 e. The highest BCUT2D eigenvalue weighted by atomic mass is 16.4. The van der Waals surface area contributed by atoms with Gasteiger partial charge in [-0.3, -0.25) is 0 Å². The van der Waals surface area contributed by atoms with E-state index in [1.165, 1.54) is 0 Å². The van der Waals surface area contributed by atoms with Crippen LogP contribution in [0.15, 0.2) is 23.9 Å². The van der Waals surface area contributed by atoms with Crippen LogP contribution >= 0.6 is 0 Å². The van der Waals surface area contributed by atoms with Crippen molar-refractivity contribution < 1.29 is 10.0 Å². The average molecular weight is 139 g/mol. The molecule has 0 amide bonds. The molecule has 1 aliphatic rings. The molecule has 0 fully saturated rings. The first-order chi connectivity index (χ1) is 4.70. The summed E-state index contributed by atoms with van der Waals surface area (Å²) in [4.78, 5) is 0. The lowest BCUT2D eigenvalue weighted by molar-refractivity contribution is 0.394. The van der Waals surface area contributed by atoms with Crippen LogP contribution in [0.4, 0.5) is 0 Å². The van der Waals surface area contributed by atoms with Crippen molar-refractivity contribution in [2.45, 2.75) is 12.2 Å². The van der Waals surface area contributed by atoms with Crippen molar-refractivity contribution in [3.8, 4) is 0 Å². The molecule has 0 aromatic heterocycles. The molecule has 0 saturated carbocycles. The molecule has 0 spiro atoms. The van der Waals surface area contributed by atoms with Gasteiger partial charge in [-0.2, -0.15) is 0 Å². The van der Waals surface area contributed by atoms with Gasteiger partial charge in [0.2, 0.25) is 0 Å². The minimum absolute atomic E-state index is 0.188. The fourth-order valence-corrected chi connectivity index (χ4v) is 0.875. The van der Waals surface area contributed by atoms with Crippen LogP contribution in [0.25, 0.3) is 0 Å². The molecule has 10 heavy (non-hydrogen) atoms. The van der Waals surface area contributed by atoms with E-state index in [0.717, 1.165) is 0 Å². The van der Waals surface area contributed by atoms with Gasteiger partial charge in [0.25, 0.3) is 0 Å². The molecule has 3 nitrogen and oxygen atoms in total. The smallest absolute Gasteiger partial charge is 0.427 e. The summed E-state index contributed by atoms with van der Waals surface area (Å²) in [5, 5.41) is 17.4. The molecule has 0 heterocycles. The van der Waals surface area contributed by atoms with E-state index in [2.05, 4.69) is 0 Å². The Labute approximate surface area is 60.0 Å². The Balaban J connectivity index is 2.52. The SMILES string of the molecule is NC1=CCC(B(O)O)C=C1. The number of hydrogen-bond acceptors (Lipinski definition) is 3. The maximum absolute atomic E-state index is 8.70. The summed E-state index contributed by atoms with van der Waals surface area (Å²) < 4.78 is 0. The van der Waals surface area contributed by atoms with Crippen LogP contribution in [0, 0.1) is 0 Å². The van der Waals surface area contributed by atoms with Gasteiger partial charge in [-0.05, 0) is 12.5 Å². The average Bonchev–Trinajstić information content (AvgIpc) is 1.88. The molecule has 54 valence electrons. The molecule has 0 radical (unpaired) electrons. The Morgan fingerprint density at radius 2 is 2.30 bits per heavy atom. The minimum atomic E-state index is -1.26. The Morgan fingerprint density at radius 3 is 2.70 bits per heavy atom. The normalized spacial score (nSPS) is 24.2. The fourth-order valence-electron chi connectivity index (χ4n) is 0.875. The van der Waals surface area contributed by atoms with Crippen molar-refractivity contribution in [3.63, 3.8) is 0 Å². The highest BCUT2D eigenvalue weighted by molar-refractivity contribution is 6.44. The first kappa shape index (κ1) is 7.37. The monoisotopic (exact) mass is 139 g/mol. The van der Waals surface area contributed by atoms with Crippen LogP contribution in [-0.4, -0.2) is 17.2 Å². The lowest BCUT2D eigenvalue weighted by Gasteiger charge is -2.12. The molecule has 1 unspecified atom stereocenters. The zero-order valence-corrected chi connectivity index (χ0v) is 5.57. The largest absolute Gasteiger partial charge is 0.459 e. The van der Waals surface area contributed by atoms with E-state index in [1.807, 2.05) is 0 Å². The van der Waals surface area contributed by atoms with Crippen molar-refractivity contribution in [1.82, 2.24) is 0 Å². The van der Waals surface area contributed by atoms with Crippen LogP contribution in [0.5, 0.6) is 0 Å². The molecule has 0 aliphatic heterocycles. The molecular weight excluding hydrogens is 129 g/mol. The maximum atomic E-state index is 8.70. The topological polar surface area (TPSA) is 66.5 Å². The van der Waals surface area contributed by atoms with Crippen LogP contribution in [0.2, 0.25) is 5.82 Å². The number of rotatable bonds is 1. The molecule has 1 aliphatic carbocycles. The van der Waals surface area contributed by atoms with Gasteiger partial charge in [-0.1, -0.05) is 12.2 Å². The summed E-state index contributed by atoms with van der Waals surface area (Å²) in [6.45, 7) is 0. The lowest BCUT2D eigenvalue weighted by Crippen LogP contribution is -2.19. The van der Waals surface area contributed by atoms with Gasteiger partial charge in [0, 0.05) is 11.5 Å². The van der Waals surface area contributed by atoms with Crippen LogP contribution < -0.4 is 5.73 Å². The third-order valence-corrected chi connectivity index (χ3v) is 1.54. The number of allylic oxidation sites excluding steroid dienone is 3. The van der Waals surface area contributed by atoms with Crippen molar-refractivity contribution in [2.75, 3.05) is 0 Å².